The molecule has 3 atom stereocenters. The third-order valence-corrected chi connectivity index (χ3v) is 6.47. The van der Waals surface area contributed by atoms with E-state index in [-0.39, 0.29) is 42.6 Å². The highest BCUT2D eigenvalue weighted by Gasteiger charge is 2.35. The van der Waals surface area contributed by atoms with E-state index in [2.05, 4.69) is 10.0 Å². The van der Waals surface area contributed by atoms with Crippen LogP contribution < -0.4 is 14.8 Å². The lowest BCUT2D eigenvalue weighted by molar-refractivity contribution is 0.0373. The predicted octanol–water partition coefficient (Wildman–Crippen LogP) is 2.58. The van der Waals surface area contributed by atoms with E-state index < -0.39 is 39.9 Å². The second-order valence-corrected chi connectivity index (χ2v) is 10.7. The zero-order chi connectivity index (χ0) is 26.6. The van der Waals surface area contributed by atoms with Crippen LogP contribution in [0.3, 0.4) is 0 Å². The average Bonchev–Trinajstić information content (AvgIpc) is 2.81. The molecule has 0 saturated heterocycles. The largest absolute Gasteiger partial charge is 0.485 e. The van der Waals surface area contributed by atoms with Crippen molar-refractivity contribution in [1.82, 2.24) is 9.80 Å². The zero-order valence-corrected chi connectivity index (χ0v) is 21.4. The number of hydrogen-bond donors (Lipinski definition) is 3. The first-order valence-corrected chi connectivity index (χ1v) is 13.3. The average molecular weight is 523 g/mol. The normalized spacial score (nSPS) is 18.8. The molecule has 3 amide bonds. The Kier molecular flexibility index (Phi) is 8.41. The molecule has 0 fully saturated rings. The number of rotatable bonds is 7. The maximum atomic E-state index is 13.4. The molecule has 36 heavy (non-hydrogen) atoms. The maximum Gasteiger partial charge on any atom is 0.321 e. The molecule has 0 radical (unpaired) electrons. The number of hydrogen-bond acceptors (Lipinski definition) is 6. The van der Waals surface area contributed by atoms with Gasteiger partial charge in [0.2, 0.25) is 10.0 Å². The second kappa shape index (κ2) is 11.1. The van der Waals surface area contributed by atoms with Gasteiger partial charge in [0.1, 0.15) is 11.9 Å². The maximum absolute atomic E-state index is 13.4. The summed E-state index contributed by atoms with van der Waals surface area (Å²) in [5.41, 5.74) is 0.648. The molecule has 0 spiro atoms. The van der Waals surface area contributed by atoms with Gasteiger partial charge in [-0.15, -0.1) is 0 Å². The van der Waals surface area contributed by atoms with Gasteiger partial charge >= 0.3 is 6.03 Å². The number of para-hydroxylation sites is 1. The van der Waals surface area contributed by atoms with Crippen molar-refractivity contribution in [1.29, 1.82) is 0 Å². The molecule has 12 heteroatoms. The van der Waals surface area contributed by atoms with E-state index in [1.54, 1.807) is 14.0 Å². The van der Waals surface area contributed by atoms with Crippen molar-refractivity contribution in [3.8, 4) is 5.75 Å². The van der Waals surface area contributed by atoms with E-state index in [4.69, 9.17) is 4.74 Å². The van der Waals surface area contributed by atoms with Crippen LogP contribution in [0.2, 0.25) is 0 Å². The predicted molar refractivity (Wildman–Crippen MR) is 134 cm³/mol. The molecular formula is C24H31FN4O6S. The van der Waals surface area contributed by atoms with Crippen LogP contribution in [0.5, 0.6) is 5.75 Å². The molecule has 3 rings (SSSR count). The number of ether oxygens (including phenoxy) is 1. The Bertz CT molecular complexity index is 1210. The Hall–Kier alpha value is -3.38. The summed E-state index contributed by atoms with van der Waals surface area (Å²) in [4.78, 5) is 29.1. The van der Waals surface area contributed by atoms with Crippen molar-refractivity contribution in [3.05, 3.63) is 53.8 Å². The van der Waals surface area contributed by atoms with Crippen molar-refractivity contribution in [3.63, 3.8) is 0 Å². The van der Waals surface area contributed by atoms with Gasteiger partial charge in [-0.25, -0.2) is 17.6 Å². The number of benzene rings is 2. The highest BCUT2D eigenvalue weighted by Crippen LogP contribution is 2.35. The van der Waals surface area contributed by atoms with Crippen molar-refractivity contribution < 1.29 is 32.2 Å². The number of likely N-dealkylation sites (N-methyl/N-ethyl adjacent to an activating group) is 1. The fraction of sp³-hybridized carbons (Fsp3) is 0.417. The van der Waals surface area contributed by atoms with Gasteiger partial charge in [-0.05, 0) is 43.3 Å². The highest BCUT2D eigenvalue weighted by molar-refractivity contribution is 7.92. The fourth-order valence-corrected chi connectivity index (χ4v) is 4.41. The number of carbonyl (C=O) groups excluding carboxylic acids is 2. The molecule has 0 bridgehead atoms. The summed E-state index contributed by atoms with van der Waals surface area (Å²) >= 11 is 0. The number of fused-ring (bicyclic) bond motifs is 1. The van der Waals surface area contributed by atoms with Gasteiger partial charge < -0.3 is 25.0 Å². The number of nitrogens with zero attached hydrogens (tertiary/aromatic N) is 2. The SMILES string of the molecule is C[C@@H]1CN([C@@H](C)CO)C(=O)c2cccc(NS(C)(=O)=O)c2O[C@@H]1CN(C)C(=O)Nc1ccc(F)cc1. The number of urea groups is 1. The molecule has 1 aliphatic rings. The summed E-state index contributed by atoms with van der Waals surface area (Å²) in [6.45, 7) is 3.62. The van der Waals surface area contributed by atoms with Gasteiger partial charge in [-0.3, -0.25) is 9.52 Å². The first-order chi connectivity index (χ1) is 16.9. The van der Waals surface area contributed by atoms with Crippen LogP contribution in [-0.4, -0.2) is 80.4 Å². The summed E-state index contributed by atoms with van der Waals surface area (Å²) in [6.07, 6.45) is 0.349. The van der Waals surface area contributed by atoms with Crippen LogP contribution in [-0.2, 0) is 10.0 Å². The number of aliphatic hydroxyl groups is 1. The molecule has 2 aromatic rings. The topological polar surface area (TPSA) is 128 Å². The van der Waals surface area contributed by atoms with E-state index in [1.165, 1.54) is 52.3 Å². The summed E-state index contributed by atoms with van der Waals surface area (Å²) < 4.78 is 45.7. The first kappa shape index (κ1) is 27.2. The summed E-state index contributed by atoms with van der Waals surface area (Å²) in [6, 6.07) is 8.94. The molecule has 196 valence electrons. The molecule has 2 aromatic carbocycles. The van der Waals surface area contributed by atoms with E-state index in [9.17, 15) is 27.5 Å². The van der Waals surface area contributed by atoms with E-state index in [0.29, 0.717) is 5.69 Å². The third-order valence-electron chi connectivity index (χ3n) is 5.88. The molecule has 0 saturated carbocycles. The molecule has 10 nitrogen and oxygen atoms in total. The number of halogens is 1. The Balaban J connectivity index is 1.93. The van der Waals surface area contributed by atoms with Gasteiger partial charge in [0, 0.05) is 25.2 Å². The lowest BCUT2D eigenvalue weighted by Gasteiger charge is -2.38. The van der Waals surface area contributed by atoms with Crippen molar-refractivity contribution in [2.45, 2.75) is 26.0 Å². The van der Waals surface area contributed by atoms with Gasteiger partial charge in [0.05, 0.1) is 36.7 Å². The third kappa shape index (κ3) is 6.64. The van der Waals surface area contributed by atoms with E-state index in [0.717, 1.165) is 6.26 Å². The van der Waals surface area contributed by atoms with Crippen LogP contribution in [0.25, 0.3) is 0 Å². The summed E-state index contributed by atoms with van der Waals surface area (Å²) in [5, 5.41) is 12.4. The van der Waals surface area contributed by atoms with Crippen LogP contribution >= 0.6 is 0 Å². The number of carbonyl (C=O) groups is 2. The van der Waals surface area contributed by atoms with Crippen LogP contribution in [0.15, 0.2) is 42.5 Å². The van der Waals surface area contributed by atoms with Crippen molar-refractivity contribution in [2.24, 2.45) is 5.92 Å². The highest BCUT2D eigenvalue weighted by atomic mass is 32.2. The standard InChI is InChI=1S/C24H31FN4O6S/c1-15-12-29(16(2)14-30)23(31)19-6-5-7-20(27-36(4,33)34)22(19)35-21(15)13-28(3)24(32)26-18-10-8-17(25)9-11-18/h5-11,15-16,21,27,30H,12-14H2,1-4H3,(H,26,32)/t15-,16+,21-/m1/s1. The minimum atomic E-state index is -3.68. The molecule has 1 aliphatic heterocycles. The molecule has 0 aliphatic carbocycles. The smallest absolute Gasteiger partial charge is 0.321 e. The zero-order valence-electron chi connectivity index (χ0n) is 20.6. The molecular weight excluding hydrogens is 491 g/mol. The minimum Gasteiger partial charge on any atom is -0.485 e. The van der Waals surface area contributed by atoms with E-state index in [1.807, 2.05) is 6.92 Å². The van der Waals surface area contributed by atoms with Gasteiger partial charge in [0.25, 0.3) is 5.91 Å². The Morgan fingerprint density at radius 2 is 1.94 bits per heavy atom. The molecule has 3 N–H and O–H groups in total. The van der Waals surface area contributed by atoms with Crippen LogP contribution in [0.4, 0.5) is 20.6 Å². The van der Waals surface area contributed by atoms with Crippen LogP contribution in [0.1, 0.15) is 24.2 Å². The molecule has 0 unspecified atom stereocenters. The number of aliphatic hydroxyl groups excluding tert-OH is 1. The lowest BCUT2D eigenvalue weighted by atomic mass is 9.99. The van der Waals surface area contributed by atoms with Crippen molar-refractivity contribution in [2.75, 3.05) is 43.0 Å². The summed E-state index contributed by atoms with van der Waals surface area (Å²) in [7, 11) is -2.12. The first-order valence-electron chi connectivity index (χ1n) is 11.4. The Labute approximate surface area is 210 Å². The van der Waals surface area contributed by atoms with Gasteiger partial charge in [-0.2, -0.15) is 0 Å². The van der Waals surface area contributed by atoms with E-state index >= 15 is 0 Å². The number of nitrogens with one attached hydrogen (secondary N) is 2. The molecule has 0 aromatic heterocycles. The fourth-order valence-electron chi connectivity index (χ4n) is 3.85. The quantitative estimate of drug-likeness (QED) is 0.513. The second-order valence-electron chi connectivity index (χ2n) is 9.00. The minimum absolute atomic E-state index is 0.0481. The summed E-state index contributed by atoms with van der Waals surface area (Å²) in [5.74, 6) is -1.08. The number of sulfonamides is 1. The Morgan fingerprint density at radius 3 is 2.56 bits per heavy atom. The van der Waals surface area contributed by atoms with Crippen LogP contribution in [0, 0.1) is 11.7 Å². The lowest BCUT2D eigenvalue weighted by Crippen LogP contribution is -2.50. The van der Waals surface area contributed by atoms with Gasteiger partial charge in [0.15, 0.2) is 5.75 Å². The monoisotopic (exact) mass is 522 g/mol. The molecule has 1 heterocycles. The van der Waals surface area contributed by atoms with Crippen molar-refractivity contribution >= 4 is 33.3 Å². The van der Waals surface area contributed by atoms with Gasteiger partial charge in [-0.1, -0.05) is 13.0 Å². The number of amides is 3. The Morgan fingerprint density at radius 1 is 1.28 bits per heavy atom. The number of anilines is 2.